The van der Waals surface area contributed by atoms with Crippen molar-refractivity contribution in [3.05, 3.63) is 0 Å². The largest absolute Gasteiger partial charge is 0.466 e. The maximum Gasteiger partial charge on any atom is 0.306 e. The van der Waals surface area contributed by atoms with Gasteiger partial charge in [-0.05, 0) is 64.5 Å². The van der Waals surface area contributed by atoms with Crippen molar-refractivity contribution in [2.45, 2.75) is 213 Å². The van der Waals surface area contributed by atoms with Crippen LogP contribution < -0.4 is 5.32 Å². The second-order valence-electron chi connectivity index (χ2n) is 12.9. The molecule has 0 amide bonds. The minimum absolute atomic E-state index is 0.0181. The van der Waals surface area contributed by atoms with E-state index in [9.17, 15) is 9.59 Å². The normalized spacial score (nSPS) is 11.3. The van der Waals surface area contributed by atoms with Crippen molar-refractivity contribution in [3.8, 4) is 0 Å². The maximum absolute atomic E-state index is 12.6. The zero-order valence-corrected chi connectivity index (χ0v) is 29.3. The molecule has 0 bridgehead atoms. The van der Waals surface area contributed by atoms with Crippen LogP contribution in [0.4, 0.5) is 0 Å². The van der Waals surface area contributed by atoms with Crippen LogP contribution >= 0.6 is 0 Å². The van der Waals surface area contributed by atoms with Crippen molar-refractivity contribution in [3.63, 3.8) is 0 Å². The van der Waals surface area contributed by atoms with E-state index in [4.69, 9.17) is 9.47 Å². The minimum Gasteiger partial charge on any atom is -0.466 e. The monoisotopic (exact) mass is 610 g/mol. The summed E-state index contributed by atoms with van der Waals surface area (Å²) in [4.78, 5) is 24.4. The maximum atomic E-state index is 12.6. The summed E-state index contributed by atoms with van der Waals surface area (Å²) in [7, 11) is 0. The summed E-state index contributed by atoms with van der Waals surface area (Å²) in [6.45, 7) is 9.20. The van der Waals surface area contributed by atoms with Gasteiger partial charge in [-0.3, -0.25) is 9.59 Å². The Morgan fingerprint density at radius 3 is 1.44 bits per heavy atom. The molecule has 0 aliphatic rings. The summed E-state index contributed by atoms with van der Waals surface area (Å²) < 4.78 is 11.3. The summed E-state index contributed by atoms with van der Waals surface area (Å²) in [6, 6.07) is 0. The fraction of sp³-hybridized carbons (Fsp3) is 0.947. The molecule has 5 heteroatoms. The molecular weight excluding hydrogens is 534 g/mol. The molecule has 256 valence electrons. The van der Waals surface area contributed by atoms with Gasteiger partial charge in [-0.25, -0.2) is 0 Å². The van der Waals surface area contributed by atoms with Crippen molar-refractivity contribution in [1.82, 2.24) is 5.32 Å². The first kappa shape index (κ1) is 41.9. The average molecular weight is 610 g/mol. The number of carbonyl (C=O) groups is 2. The van der Waals surface area contributed by atoms with Gasteiger partial charge in [-0.1, -0.05) is 143 Å². The number of esters is 2. The minimum atomic E-state index is -0.0533. The van der Waals surface area contributed by atoms with Gasteiger partial charge in [0.25, 0.3) is 0 Å². The van der Waals surface area contributed by atoms with Crippen LogP contribution in [0.1, 0.15) is 207 Å². The summed E-state index contributed by atoms with van der Waals surface area (Å²) in [5, 5.41) is 3.45. The Hall–Kier alpha value is -1.10. The van der Waals surface area contributed by atoms with E-state index in [0.717, 1.165) is 58.0 Å². The van der Waals surface area contributed by atoms with Gasteiger partial charge in [0.2, 0.25) is 0 Å². The number of hydrogen-bond acceptors (Lipinski definition) is 5. The molecule has 0 heterocycles. The molecule has 0 saturated carbocycles. The topological polar surface area (TPSA) is 64.6 Å². The molecule has 0 unspecified atom stereocenters. The predicted octanol–water partition coefficient (Wildman–Crippen LogP) is 11.4. The van der Waals surface area contributed by atoms with Crippen LogP contribution in [0.3, 0.4) is 0 Å². The van der Waals surface area contributed by atoms with Crippen molar-refractivity contribution in [1.29, 1.82) is 0 Å². The molecule has 43 heavy (non-hydrogen) atoms. The Kier molecular flexibility index (Phi) is 34.5. The van der Waals surface area contributed by atoms with Crippen LogP contribution in [0.25, 0.3) is 0 Å². The molecule has 0 aliphatic heterocycles. The molecule has 0 atom stereocenters. The second kappa shape index (κ2) is 35.4. The van der Waals surface area contributed by atoms with E-state index in [-0.39, 0.29) is 18.0 Å². The Bertz CT molecular complexity index is 566. The molecule has 0 spiro atoms. The molecule has 0 saturated heterocycles. The molecule has 1 N–H and O–H groups in total. The highest BCUT2D eigenvalue weighted by Gasteiger charge is 2.14. The van der Waals surface area contributed by atoms with E-state index >= 15 is 0 Å². The summed E-state index contributed by atoms with van der Waals surface area (Å²) in [5.41, 5.74) is 0. The molecule has 0 rings (SSSR count). The molecular formula is C38H75NO4. The zero-order chi connectivity index (χ0) is 31.5. The first-order chi connectivity index (χ1) is 21.1. The van der Waals surface area contributed by atoms with Gasteiger partial charge in [0.05, 0.1) is 6.61 Å². The second-order valence-corrected chi connectivity index (χ2v) is 12.9. The Balaban J connectivity index is 3.73. The fourth-order valence-electron chi connectivity index (χ4n) is 5.66. The lowest BCUT2D eigenvalue weighted by Gasteiger charge is -2.18. The number of rotatable bonds is 35. The number of carbonyl (C=O) groups excluding carboxylic acids is 2. The van der Waals surface area contributed by atoms with Crippen LogP contribution in [0, 0.1) is 0 Å². The van der Waals surface area contributed by atoms with E-state index in [0.29, 0.717) is 19.4 Å². The van der Waals surface area contributed by atoms with Gasteiger partial charge in [-0.15, -0.1) is 0 Å². The summed E-state index contributed by atoms with van der Waals surface area (Å²) in [6.07, 6.45) is 33.8. The van der Waals surface area contributed by atoms with E-state index in [1.807, 2.05) is 0 Å². The predicted molar refractivity (Wildman–Crippen MR) is 185 cm³/mol. The quantitative estimate of drug-likeness (QED) is 0.0572. The standard InChI is InChI=1S/C38H75NO4/c1-4-7-10-13-16-22-27-35-42-37(40)32-28-34-39-33-26-21-17-20-25-31-38(41)43-36(29-23-18-14-11-8-5-2)30-24-19-15-12-9-6-3/h36,39H,4-35H2,1-3H3. The van der Waals surface area contributed by atoms with Gasteiger partial charge >= 0.3 is 11.9 Å². The lowest BCUT2D eigenvalue weighted by atomic mass is 10.0. The SMILES string of the molecule is CCCCCCCCCOC(=O)CCCNCCCCCCCC(=O)OC(CCCCCCCC)CCCCCCCC. The van der Waals surface area contributed by atoms with Gasteiger partial charge in [0.15, 0.2) is 0 Å². The van der Waals surface area contributed by atoms with E-state index in [1.165, 1.54) is 128 Å². The highest BCUT2D eigenvalue weighted by molar-refractivity contribution is 5.69. The molecule has 0 aromatic rings. The van der Waals surface area contributed by atoms with Gasteiger partial charge < -0.3 is 14.8 Å². The number of nitrogens with one attached hydrogen (secondary N) is 1. The van der Waals surface area contributed by atoms with E-state index in [2.05, 4.69) is 26.1 Å². The fourth-order valence-corrected chi connectivity index (χ4v) is 5.66. The number of hydrogen-bond donors (Lipinski definition) is 1. The van der Waals surface area contributed by atoms with Crippen LogP contribution in [-0.2, 0) is 19.1 Å². The van der Waals surface area contributed by atoms with Crippen LogP contribution in [0.5, 0.6) is 0 Å². The van der Waals surface area contributed by atoms with Gasteiger partial charge in [-0.2, -0.15) is 0 Å². The summed E-state index contributed by atoms with van der Waals surface area (Å²) in [5.74, 6) is -0.0352. The molecule has 0 aromatic heterocycles. The van der Waals surface area contributed by atoms with Gasteiger partial charge in [0, 0.05) is 12.8 Å². The van der Waals surface area contributed by atoms with Crippen molar-refractivity contribution < 1.29 is 19.1 Å². The van der Waals surface area contributed by atoms with Crippen molar-refractivity contribution in [2.75, 3.05) is 19.7 Å². The van der Waals surface area contributed by atoms with Crippen LogP contribution in [0.2, 0.25) is 0 Å². The highest BCUT2D eigenvalue weighted by atomic mass is 16.5. The molecule has 0 radical (unpaired) electrons. The third kappa shape index (κ3) is 33.6. The Labute approximate surface area is 268 Å². The molecule has 0 aromatic carbocycles. The number of unbranched alkanes of at least 4 members (excludes halogenated alkanes) is 20. The van der Waals surface area contributed by atoms with Crippen LogP contribution in [-0.4, -0.2) is 37.7 Å². The number of ether oxygens (including phenoxy) is 2. The third-order valence-corrected chi connectivity index (χ3v) is 8.54. The van der Waals surface area contributed by atoms with E-state index < -0.39 is 0 Å². The Morgan fingerprint density at radius 2 is 0.884 bits per heavy atom. The lowest BCUT2D eigenvalue weighted by Crippen LogP contribution is -2.18. The molecule has 0 aliphatic carbocycles. The highest BCUT2D eigenvalue weighted by Crippen LogP contribution is 2.18. The smallest absolute Gasteiger partial charge is 0.306 e. The summed E-state index contributed by atoms with van der Waals surface area (Å²) >= 11 is 0. The van der Waals surface area contributed by atoms with Crippen LogP contribution in [0.15, 0.2) is 0 Å². The average Bonchev–Trinajstić information content (AvgIpc) is 3.00. The van der Waals surface area contributed by atoms with Gasteiger partial charge in [0.1, 0.15) is 6.10 Å². The zero-order valence-electron chi connectivity index (χ0n) is 29.3. The first-order valence-electron chi connectivity index (χ1n) is 19.2. The van der Waals surface area contributed by atoms with Crippen molar-refractivity contribution in [2.24, 2.45) is 0 Å². The first-order valence-corrected chi connectivity index (χ1v) is 19.2. The molecule has 0 fully saturated rings. The van der Waals surface area contributed by atoms with Crippen molar-refractivity contribution >= 4 is 11.9 Å². The Morgan fingerprint density at radius 1 is 0.465 bits per heavy atom. The van der Waals surface area contributed by atoms with E-state index in [1.54, 1.807) is 0 Å². The third-order valence-electron chi connectivity index (χ3n) is 8.54. The lowest BCUT2D eigenvalue weighted by molar-refractivity contribution is -0.150. The molecule has 5 nitrogen and oxygen atoms in total.